The van der Waals surface area contributed by atoms with E-state index in [1.165, 1.54) is 14.1 Å². The van der Waals surface area contributed by atoms with Gasteiger partial charge in [0.05, 0.1) is 27.2 Å². The summed E-state index contributed by atoms with van der Waals surface area (Å²) in [6, 6.07) is 0. The van der Waals surface area contributed by atoms with Gasteiger partial charge in [-0.15, -0.1) is 0 Å². The smallest absolute Gasteiger partial charge is 0.460 e. The number of sulfonamides is 1. The molecule has 0 rings (SSSR count). The molecule has 0 bridgehead atoms. The molecule has 0 heterocycles. The van der Waals surface area contributed by atoms with Crippen LogP contribution in [0.2, 0.25) is 0 Å². The molecule has 0 unspecified atom stereocenters. The van der Waals surface area contributed by atoms with Crippen molar-refractivity contribution in [3.8, 4) is 0 Å². The quantitative estimate of drug-likeness (QED) is 0.312. The summed E-state index contributed by atoms with van der Waals surface area (Å²) in [5.74, 6) is -16.0. The Hall–Kier alpha value is -1.29. The van der Waals surface area contributed by atoms with Crippen molar-refractivity contribution < 1.29 is 62.3 Å². The molecule has 30 heavy (non-hydrogen) atoms. The Bertz CT molecular complexity index is 709. The summed E-state index contributed by atoms with van der Waals surface area (Å²) in [5.41, 5.74) is 0. The molecule has 180 valence electrons. The van der Waals surface area contributed by atoms with E-state index in [-0.39, 0.29) is 28.3 Å². The van der Waals surface area contributed by atoms with Crippen LogP contribution in [0.4, 0.5) is 39.5 Å². The number of aliphatic carboxylic acids is 1. The Kier molecular flexibility index (Phi) is 8.67. The van der Waals surface area contributed by atoms with Gasteiger partial charge in [0.15, 0.2) is 0 Å². The van der Waals surface area contributed by atoms with Gasteiger partial charge in [0.2, 0.25) is 0 Å². The Balaban J connectivity index is 5.62. The van der Waals surface area contributed by atoms with E-state index >= 15 is 0 Å². The third-order valence-electron chi connectivity index (χ3n) is 4.22. The predicted octanol–water partition coefficient (Wildman–Crippen LogP) is 1.67. The van der Waals surface area contributed by atoms with Crippen molar-refractivity contribution in [3.05, 3.63) is 0 Å². The van der Waals surface area contributed by atoms with Gasteiger partial charge in [-0.25, -0.2) is 8.42 Å². The number of hydrogen-bond donors (Lipinski definition) is 0. The molecule has 0 N–H and O–H groups in total. The molecule has 6 nitrogen and oxygen atoms in total. The third-order valence-corrected chi connectivity index (χ3v) is 6.25. The number of carbonyl (C=O) groups is 1. The van der Waals surface area contributed by atoms with Crippen LogP contribution in [-0.2, 0) is 14.8 Å². The van der Waals surface area contributed by atoms with Gasteiger partial charge < -0.3 is 14.4 Å². The van der Waals surface area contributed by atoms with Crippen LogP contribution in [-0.4, -0.2) is 86.7 Å². The van der Waals surface area contributed by atoms with E-state index in [0.29, 0.717) is 0 Å². The van der Waals surface area contributed by atoms with Crippen molar-refractivity contribution in [1.29, 1.82) is 0 Å². The number of halogens is 9. The predicted molar refractivity (Wildman–Crippen MR) is 83.1 cm³/mol. The third kappa shape index (κ3) is 5.69. The van der Waals surface area contributed by atoms with Crippen molar-refractivity contribution in [2.24, 2.45) is 0 Å². The van der Waals surface area contributed by atoms with Gasteiger partial charge >= 0.3 is 23.3 Å². The summed E-state index contributed by atoms with van der Waals surface area (Å²) < 4.78 is 140. The van der Waals surface area contributed by atoms with E-state index in [1.807, 2.05) is 0 Å². The summed E-state index contributed by atoms with van der Waals surface area (Å²) in [6.07, 6.45) is -7.85. The lowest BCUT2D eigenvalue weighted by molar-refractivity contribution is -0.890. The van der Waals surface area contributed by atoms with Crippen LogP contribution in [0, 0.1) is 0 Å². The Morgan fingerprint density at radius 2 is 1.40 bits per heavy atom. The van der Waals surface area contributed by atoms with E-state index in [0.717, 1.165) is 6.92 Å². The number of alkyl halides is 9. The van der Waals surface area contributed by atoms with Crippen molar-refractivity contribution in [1.82, 2.24) is 4.31 Å². The maximum Gasteiger partial charge on any atom is 0.460 e. The van der Waals surface area contributed by atoms with Crippen LogP contribution in [0.25, 0.3) is 0 Å². The number of nitrogens with zero attached hydrogens (tertiary/aromatic N) is 2. The van der Waals surface area contributed by atoms with Gasteiger partial charge in [0.25, 0.3) is 10.0 Å². The molecule has 0 aromatic rings. The molecule has 0 atom stereocenters. The van der Waals surface area contributed by atoms with Gasteiger partial charge in [-0.05, 0) is 0 Å². The number of quaternary nitrogens is 1. The molecule has 0 fully saturated rings. The number of carbonyl (C=O) groups excluding carboxylic acids is 1. The molecule has 0 aliphatic heterocycles. The largest absolute Gasteiger partial charge is 0.550 e. The summed E-state index contributed by atoms with van der Waals surface area (Å²) >= 11 is 0. The van der Waals surface area contributed by atoms with Crippen LogP contribution in [0.1, 0.15) is 19.8 Å². The first-order valence-corrected chi connectivity index (χ1v) is 9.74. The molecular weight excluding hydrogens is 463 g/mol. The SMILES string of the molecule is CCN(CCC[N+](C)(C)CCC(=O)[O-])S(=O)(=O)C(F)(F)C(F)(F)C(F)(F)C(F)(F)F. The number of hydrogen-bond acceptors (Lipinski definition) is 4. The minimum atomic E-state index is -7.32. The number of carboxylic acid groups (broad SMARTS) is 1. The van der Waals surface area contributed by atoms with Crippen LogP contribution >= 0.6 is 0 Å². The molecule has 0 saturated carbocycles. The fourth-order valence-corrected chi connectivity index (χ4v) is 3.80. The maximum atomic E-state index is 13.9. The monoisotopic (exact) mass is 484 g/mol. The zero-order valence-electron chi connectivity index (χ0n) is 16.1. The first-order valence-electron chi connectivity index (χ1n) is 8.30. The Morgan fingerprint density at radius 3 is 1.77 bits per heavy atom. The lowest BCUT2D eigenvalue weighted by Gasteiger charge is -2.36. The highest BCUT2D eigenvalue weighted by molar-refractivity contribution is 7.90. The summed E-state index contributed by atoms with van der Waals surface area (Å²) in [7, 11) is -3.69. The molecule has 0 saturated heterocycles. The van der Waals surface area contributed by atoms with Gasteiger partial charge in [-0.1, -0.05) is 6.92 Å². The number of carboxylic acids is 1. The van der Waals surface area contributed by atoms with Crippen molar-refractivity contribution in [3.63, 3.8) is 0 Å². The zero-order valence-corrected chi connectivity index (χ0v) is 16.9. The molecule has 0 radical (unpaired) electrons. The second-order valence-corrected chi connectivity index (χ2v) is 9.00. The van der Waals surface area contributed by atoms with E-state index < -0.39 is 58.8 Å². The first kappa shape index (κ1) is 28.7. The van der Waals surface area contributed by atoms with Gasteiger partial charge in [0.1, 0.15) is 0 Å². The minimum Gasteiger partial charge on any atom is -0.550 e. The second kappa shape index (κ2) is 9.06. The summed E-state index contributed by atoms with van der Waals surface area (Å²) in [5, 5.41) is 3.69. The molecule has 0 spiro atoms. The van der Waals surface area contributed by atoms with Gasteiger partial charge in [0, 0.05) is 31.9 Å². The molecular formula is C14H21F9N2O4S. The summed E-state index contributed by atoms with van der Waals surface area (Å²) in [4.78, 5) is 10.5. The topological polar surface area (TPSA) is 77.5 Å². The lowest BCUT2D eigenvalue weighted by Crippen LogP contribution is -2.65. The van der Waals surface area contributed by atoms with Crippen molar-refractivity contribution >= 4 is 16.0 Å². The Labute approximate surface area is 166 Å². The van der Waals surface area contributed by atoms with Crippen LogP contribution in [0.15, 0.2) is 0 Å². The van der Waals surface area contributed by atoms with E-state index in [9.17, 15) is 57.8 Å². The van der Waals surface area contributed by atoms with Crippen LogP contribution < -0.4 is 5.11 Å². The molecule has 0 aromatic carbocycles. The zero-order chi connectivity index (χ0) is 24.4. The lowest BCUT2D eigenvalue weighted by atomic mass is 10.1. The van der Waals surface area contributed by atoms with Crippen molar-refractivity contribution in [2.75, 3.05) is 40.3 Å². The minimum absolute atomic E-state index is 0.0206. The van der Waals surface area contributed by atoms with Gasteiger partial charge in [-0.3, -0.25) is 0 Å². The standard InChI is InChI=1S/C14H21F9N2O4S/c1-4-24(7-5-8-25(2,3)9-6-10(26)27)30(28,29)14(22,23)12(17,18)11(15,16)13(19,20)21/h4-9H2,1-3H3. The van der Waals surface area contributed by atoms with E-state index in [2.05, 4.69) is 0 Å². The normalized spacial score (nSPS) is 15.0. The maximum absolute atomic E-state index is 13.9. The fraction of sp³-hybridized carbons (Fsp3) is 0.929. The molecule has 0 aliphatic rings. The second-order valence-electron chi connectivity index (χ2n) is 7.02. The highest BCUT2D eigenvalue weighted by Crippen LogP contribution is 2.55. The first-order chi connectivity index (χ1) is 13.1. The van der Waals surface area contributed by atoms with Crippen LogP contribution in [0.3, 0.4) is 0 Å². The van der Waals surface area contributed by atoms with E-state index in [4.69, 9.17) is 0 Å². The van der Waals surface area contributed by atoms with Gasteiger partial charge in [-0.2, -0.15) is 43.8 Å². The number of rotatable bonds is 12. The molecule has 0 amide bonds. The average molecular weight is 484 g/mol. The molecule has 0 aliphatic carbocycles. The Morgan fingerprint density at radius 1 is 0.933 bits per heavy atom. The van der Waals surface area contributed by atoms with E-state index in [1.54, 1.807) is 0 Å². The fourth-order valence-electron chi connectivity index (χ4n) is 2.31. The average Bonchev–Trinajstić information content (AvgIpc) is 2.55. The summed E-state index contributed by atoms with van der Waals surface area (Å²) in [6.45, 7) is -1.01. The van der Waals surface area contributed by atoms with Crippen LogP contribution in [0.5, 0.6) is 0 Å². The molecule has 0 aromatic heterocycles. The highest BCUT2D eigenvalue weighted by Gasteiger charge is 2.85. The van der Waals surface area contributed by atoms with Crippen molar-refractivity contribution in [2.45, 2.75) is 43.0 Å². The molecule has 16 heteroatoms. The highest BCUT2D eigenvalue weighted by atomic mass is 32.2.